The Hall–Kier alpha value is -3.75. The zero-order valence-corrected chi connectivity index (χ0v) is 17.0. The molecule has 30 heavy (non-hydrogen) atoms. The Morgan fingerprint density at radius 1 is 1.07 bits per heavy atom. The van der Waals surface area contributed by atoms with Crippen molar-refractivity contribution in [2.75, 3.05) is 12.4 Å². The van der Waals surface area contributed by atoms with Crippen LogP contribution in [0, 0.1) is 11.3 Å². The fraction of sp³-hybridized carbons (Fsp3) is 0.0833. The first-order valence-corrected chi connectivity index (χ1v) is 9.50. The zero-order valence-electron chi connectivity index (χ0n) is 16.3. The average Bonchev–Trinajstić information content (AvgIpc) is 2.77. The highest BCUT2D eigenvalue weighted by Crippen LogP contribution is 2.30. The minimum Gasteiger partial charge on any atom is -0.493 e. The number of rotatable bonds is 7. The predicted molar refractivity (Wildman–Crippen MR) is 117 cm³/mol. The Balaban J connectivity index is 1.75. The van der Waals surface area contributed by atoms with Gasteiger partial charge in [0.15, 0.2) is 11.5 Å². The van der Waals surface area contributed by atoms with Crippen LogP contribution in [0.3, 0.4) is 0 Å². The summed E-state index contributed by atoms with van der Waals surface area (Å²) in [6, 6.07) is 23.5. The van der Waals surface area contributed by atoms with Crippen molar-refractivity contribution in [3.8, 4) is 17.6 Å². The third-order valence-electron chi connectivity index (χ3n) is 4.18. The standard InChI is InChI=1S/C24H19ClN2O3/c1-29-23-14-17(10-11-22(23)30-16-18-6-5-7-20(25)13-18)12-19(15-26)24(28)27-21-8-3-2-4-9-21/h2-14H,16H2,1H3,(H,27,28)/b19-12+. The molecular formula is C24H19ClN2O3. The maximum absolute atomic E-state index is 12.4. The van der Waals surface area contributed by atoms with Gasteiger partial charge in [-0.15, -0.1) is 0 Å². The number of nitriles is 1. The highest BCUT2D eigenvalue weighted by Gasteiger charge is 2.11. The average molecular weight is 419 g/mol. The molecule has 1 amide bonds. The molecule has 0 saturated carbocycles. The van der Waals surface area contributed by atoms with Crippen LogP contribution in [0.5, 0.6) is 11.5 Å². The third kappa shape index (κ3) is 5.63. The SMILES string of the molecule is COc1cc(/C=C(\C#N)C(=O)Nc2ccccc2)ccc1OCc1cccc(Cl)c1. The monoisotopic (exact) mass is 418 g/mol. The first kappa shape index (κ1) is 21.0. The van der Waals surface area contributed by atoms with E-state index in [1.807, 2.05) is 30.3 Å². The minimum atomic E-state index is -0.482. The fourth-order valence-corrected chi connectivity index (χ4v) is 2.93. The number of methoxy groups -OCH3 is 1. The number of benzene rings is 3. The molecule has 3 aromatic carbocycles. The van der Waals surface area contributed by atoms with Crippen LogP contribution in [0.4, 0.5) is 5.69 Å². The number of carbonyl (C=O) groups excluding carboxylic acids is 1. The summed E-state index contributed by atoms with van der Waals surface area (Å²) >= 11 is 6.00. The van der Waals surface area contributed by atoms with E-state index in [0.717, 1.165) is 5.56 Å². The van der Waals surface area contributed by atoms with Gasteiger partial charge < -0.3 is 14.8 Å². The Kier molecular flexibility index (Phi) is 7.09. The van der Waals surface area contributed by atoms with Gasteiger partial charge in [0.2, 0.25) is 0 Å². The van der Waals surface area contributed by atoms with Crippen LogP contribution in [-0.4, -0.2) is 13.0 Å². The molecule has 150 valence electrons. The van der Waals surface area contributed by atoms with E-state index in [-0.39, 0.29) is 5.57 Å². The van der Waals surface area contributed by atoms with E-state index in [2.05, 4.69) is 5.32 Å². The van der Waals surface area contributed by atoms with Crippen molar-refractivity contribution < 1.29 is 14.3 Å². The summed E-state index contributed by atoms with van der Waals surface area (Å²) in [5, 5.41) is 12.7. The van der Waals surface area contributed by atoms with E-state index in [0.29, 0.717) is 34.4 Å². The Bertz CT molecular complexity index is 1100. The van der Waals surface area contributed by atoms with Crippen LogP contribution in [0.15, 0.2) is 78.4 Å². The number of nitrogens with zero attached hydrogens (tertiary/aromatic N) is 1. The summed E-state index contributed by atoms with van der Waals surface area (Å²) in [6.45, 7) is 0.328. The van der Waals surface area contributed by atoms with Crippen LogP contribution < -0.4 is 14.8 Å². The molecule has 6 heteroatoms. The summed E-state index contributed by atoms with van der Waals surface area (Å²) in [5.74, 6) is 0.553. The number of halogens is 1. The second-order valence-corrected chi connectivity index (χ2v) is 6.76. The van der Waals surface area contributed by atoms with Crippen LogP contribution >= 0.6 is 11.6 Å². The van der Waals surface area contributed by atoms with E-state index in [1.54, 1.807) is 48.5 Å². The first-order chi connectivity index (χ1) is 14.6. The largest absolute Gasteiger partial charge is 0.493 e. The normalized spacial score (nSPS) is 10.8. The van der Waals surface area contributed by atoms with Crippen molar-refractivity contribution in [1.82, 2.24) is 0 Å². The number of nitrogens with one attached hydrogen (secondary N) is 1. The number of anilines is 1. The predicted octanol–water partition coefficient (Wildman–Crippen LogP) is 5.47. The summed E-state index contributed by atoms with van der Waals surface area (Å²) in [4.78, 5) is 12.4. The van der Waals surface area contributed by atoms with Gasteiger partial charge in [0, 0.05) is 10.7 Å². The molecule has 0 spiro atoms. The van der Waals surface area contributed by atoms with Crippen molar-refractivity contribution in [2.24, 2.45) is 0 Å². The van der Waals surface area contributed by atoms with Gasteiger partial charge in [0.1, 0.15) is 18.2 Å². The van der Waals surface area contributed by atoms with Crippen LogP contribution in [0.2, 0.25) is 5.02 Å². The third-order valence-corrected chi connectivity index (χ3v) is 4.41. The summed E-state index contributed by atoms with van der Waals surface area (Å²) in [6.07, 6.45) is 1.50. The van der Waals surface area contributed by atoms with E-state index >= 15 is 0 Å². The summed E-state index contributed by atoms with van der Waals surface area (Å²) in [5.41, 5.74) is 2.17. The van der Waals surface area contributed by atoms with Gasteiger partial charge in [-0.05, 0) is 53.6 Å². The number of amides is 1. The lowest BCUT2D eigenvalue weighted by atomic mass is 10.1. The van der Waals surface area contributed by atoms with Crippen molar-refractivity contribution >= 4 is 29.3 Å². The molecule has 0 aromatic heterocycles. The lowest BCUT2D eigenvalue weighted by molar-refractivity contribution is -0.112. The molecule has 0 unspecified atom stereocenters. The van der Waals surface area contributed by atoms with Crippen molar-refractivity contribution in [1.29, 1.82) is 5.26 Å². The summed E-state index contributed by atoms with van der Waals surface area (Å²) in [7, 11) is 1.53. The number of hydrogen-bond acceptors (Lipinski definition) is 4. The van der Waals surface area contributed by atoms with Gasteiger partial charge in [0.25, 0.3) is 5.91 Å². The number of hydrogen-bond donors (Lipinski definition) is 1. The Morgan fingerprint density at radius 2 is 1.87 bits per heavy atom. The molecule has 0 radical (unpaired) electrons. The van der Waals surface area contributed by atoms with E-state index in [9.17, 15) is 10.1 Å². The molecule has 0 aliphatic carbocycles. The molecule has 0 aliphatic rings. The van der Waals surface area contributed by atoms with Gasteiger partial charge in [-0.25, -0.2) is 0 Å². The van der Waals surface area contributed by atoms with Gasteiger partial charge in [-0.2, -0.15) is 5.26 Å². The van der Waals surface area contributed by atoms with Gasteiger partial charge in [-0.1, -0.05) is 48.0 Å². The number of carbonyl (C=O) groups is 1. The maximum Gasteiger partial charge on any atom is 0.266 e. The lowest BCUT2D eigenvalue weighted by Gasteiger charge is -2.12. The minimum absolute atomic E-state index is 0.0199. The molecule has 0 heterocycles. The van der Waals surface area contributed by atoms with Crippen molar-refractivity contribution in [2.45, 2.75) is 6.61 Å². The molecule has 3 rings (SSSR count). The van der Waals surface area contributed by atoms with Gasteiger partial charge in [-0.3, -0.25) is 4.79 Å². The zero-order chi connectivity index (χ0) is 21.3. The van der Waals surface area contributed by atoms with Gasteiger partial charge >= 0.3 is 0 Å². The molecule has 0 fully saturated rings. The van der Waals surface area contributed by atoms with Crippen LogP contribution in [-0.2, 0) is 11.4 Å². The molecule has 0 bridgehead atoms. The lowest BCUT2D eigenvalue weighted by Crippen LogP contribution is -2.13. The Morgan fingerprint density at radius 3 is 2.57 bits per heavy atom. The molecule has 3 aromatic rings. The quantitative estimate of drug-likeness (QED) is 0.407. The molecule has 0 aliphatic heterocycles. The molecule has 0 atom stereocenters. The van der Waals surface area contributed by atoms with Crippen molar-refractivity contribution in [3.05, 3.63) is 94.5 Å². The maximum atomic E-state index is 12.4. The highest BCUT2D eigenvalue weighted by molar-refractivity contribution is 6.30. The number of para-hydroxylation sites is 1. The molecular weight excluding hydrogens is 400 g/mol. The van der Waals surface area contributed by atoms with Crippen LogP contribution in [0.1, 0.15) is 11.1 Å². The second kappa shape index (κ2) is 10.1. The highest BCUT2D eigenvalue weighted by atomic mass is 35.5. The summed E-state index contributed by atoms with van der Waals surface area (Å²) < 4.78 is 11.2. The topological polar surface area (TPSA) is 71.3 Å². The first-order valence-electron chi connectivity index (χ1n) is 9.12. The second-order valence-electron chi connectivity index (χ2n) is 6.32. The molecule has 5 nitrogen and oxygen atoms in total. The van der Waals surface area contributed by atoms with E-state index in [4.69, 9.17) is 21.1 Å². The molecule has 0 saturated heterocycles. The fourth-order valence-electron chi connectivity index (χ4n) is 2.72. The number of ether oxygens (including phenoxy) is 2. The molecule has 1 N–H and O–H groups in total. The van der Waals surface area contributed by atoms with Crippen molar-refractivity contribution in [3.63, 3.8) is 0 Å². The van der Waals surface area contributed by atoms with E-state index in [1.165, 1.54) is 13.2 Å². The smallest absolute Gasteiger partial charge is 0.266 e. The Labute approximate surface area is 180 Å². The van der Waals surface area contributed by atoms with Gasteiger partial charge in [0.05, 0.1) is 7.11 Å². The van der Waals surface area contributed by atoms with Crippen LogP contribution in [0.25, 0.3) is 6.08 Å². The van der Waals surface area contributed by atoms with E-state index < -0.39 is 5.91 Å².